The Hall–Kier alpha value is -3.57. The quantitative estimate of drug-likeness (QED) is 0.456. The van der Waals surface area contributed by atoms with Gasteiger partial charge in [0.25, 0.3) is 5.91 Å². The lowest BCUT2D eigenvalue weighted by atomic mass is 10.2. The molecule has 0 spiro atoms. The molecule has 0 aliphatic rings. The highest BCUT2D eigenvalue weighted by atomic mass is 32.2. The minimum absolute atomic E-state index is 0.0798. The summed E-state index contributed by atoms with van der Waals surface area (Å²) in [5.41, 5.74) is 1.63. The van der Waals surface area contributed by atoms with Crippen molar-refractivity contribution in [2.24, 2.45) is 0 Å². The second-order valence-electron chi connectivity index (χ2n) is 7.03. The predicted molar refractivity (Wildman–Crippen MR) is 116 cm³/mol. The standard InChI is InChI=1S/C21H18N4O5S2/c1-31(27,28)17-3-2-4-18(11-17)32(29,30)19-7-6-16(23-13-19)12-24-21(26)15-5-8-20-22-9-10-25(20)14-15/h2-11,13-14H,12H2,1H3,(H,24,26). The number of nitrogens with zero attached hydrogens (tertiary/aromatic N) is 3. The molecule has 0 unspecified atom stereocenters. The SMILES string of the molecule is CS(=O)(=O)c1cccc(S(=O)(=O)c2ccc(CNC(=O)c3ccc4nccn4c3)nc2)c1. The molecule has 0 bridgehead atoms. The maximum Gasteiger partial charge on any atom is 0.253 e. The van der Waals surface area contributed by atoms with E-state index in [1.54, 1.807) is 35.1 Å². The van der Waals surface area contributed by atoms with Crippen molar-refractivity contribution in [2.75, 3.05) is 6.26 Å². The van der Waals surface area contributed by atoms with E-state index in [-0.39, 0.29) is 27.1 Å². The van der Waals surface area contributed by atoms with Crippen molar-refractivity contribution in [2.45, 2.75) is 21.2 Å². The number of pyridine rings is 2. The van der Waals surface area contributed by atoms with Crippen LogP contribution >= 0.6 is 0 Å². The van der Waals surface area contributed by atoms with E-state index in [0.717, 1.165) is 18.0 Å². The first-order valence-electron chi connectivity index (χ1n) is 9.36. The van der Waals surface area contributed by atoms with E-state index in [2.05, 4.69) is 15.3 Å². The Morgan fingerprint density at radius 2 is 1.75 bits per heavy atom. The third kappa shape index (κ3) is 4.39. The number of aromatic nitrogens is 3. The number of amides is 1. The zero-order chi connectivity index (χ0) is 22.9. The largest absolute Gasteiger partial charge is 0.346 e. The Morgan fingerprint density at radius 3 is 2.47 bits per heavy atom. The molecule has 32 heavy (non-hydrogen) atoms. The van der Waals surface area contributed by atoms with Gasteiger partial charge in [-0.2, -0.15) is 0 Å². The molecule has 4 aromatic rings. The molecular formula is C21H18N4O5S2. The predicted octanol–water partition coefficient (Wildman–Crippen LogP) is 1.90. The van der Waals surface area contributed by atoms with Crippen molar-refractivity contribution < 1.29 is 21.6 Å². The van der Waals surface area contributed by atoms with Gasteiger partial charge in [0, 0.05) is 31.0 Å². The van der Waals surface area contributed by atoms with Crippen LogP contribution < -0.4 is 5.32 Å². The van der Waals surface area contributed by atoms with Gasteiger partial charge in [0.15, 0.2) is 9.84 Å². The highest BCUT2D eigenvalue weighted by molar-refractivity contribution is 7.92. The van der Waals surface area contributed by atoms with E-state index in [9.17, 15) is 21.6 Å². The Balaban J connectivity index is 1.48. The van der Waals surface area contributed by atoms with E-state index in [1.165, 1.54) is 36.5 Å². The van der Waals surface area contributed by atoms with Crippen LogP contribution in [-0.4, -0.2) is 43.4 Å². The zero-order valence-electron chi connectivity index (χ0n) is 16.8. The van der Waals surface area contributed by atoms with E-state index in [4.69, 9.17) is 0 Å². The fraction of sp³-hybridized carbons (Fsp3) is 0.0952. The highest BCUT2D eigenvalue weighted by Gasteiger charge is 2.20. The van der Waals surface area contributed by atoms with Gasteiger partial charge in [-0.25, -0.2) is 21.8 Å². The van der Waals surface area contributed by atoms with E-state index < -0.39 is 19.7 Å². The number of hydrogen-bond donors (Lipinski definition) is 1. The molecule has 11 heteroatoms. The van der Waals surface area contributed by atoms with Crippen LogP contribution in [0.3, 0.4) is 0 Å². The van der Waals surface area contributed by atoms with Gasteiger partial charge in [-0.05, 0) is 42.5 Å². The van der Waals surface area contributed by atoms with Crippen LogP contribution in [0.15, 0.2) is 88.0 Å². The molecule has 3 heterocycles. The molecule has 3 aromatic heterocycles. The van der Waals surface area contributed by atoms with Crippen molar-refractivity contribution in [3.05, 3.63) is 84.6 Å². The highest BCUT2D eigenvalue weighted by Crippen LogP contribution is 2.23. The number of imidazole rings is 1. The number of sulfone groups is 2. The molecule has 1 amide bonds. The summed E-state index contributed by atoms with van der Waals surface area (Å²) in [6, 6.07) is 11.4. The zero-order valence-corrected chi connectivity index (χ0v) is 18.5. The lowest BCUT2D eigenvalue weighted by Crippen LogP contribution is -2.23. The molecule has 0 saturated heterocycles. The third-order valence-electron chi connectivity index (χ3n) is 4.73. The summed E-state index contributed by atoms with van der Waals surface area (Å²) >= 11 is 0. The normalized spacial score (nSPS) is 12.0. The Labute approximate surface area is 184 Å². The van der Waals surface area contributed by atoms with E-state index in [0.29, 0.717) is 11.3 Å². The molecule has 0 aliphatic heterocycles. The van der Waals surface area contributed by atoms with Crippen molar-refractivity contribution in [1.29, 1.82) is 0 Å². The minimum Gasteiger partial charge on any atom is -0.346 e. The van der Waals surface area contributed by atoms with Gasteiger partial charge in [0.05, 0.1) is 32.5 Å². The summed E-state index contributed by atoms with van der Waals surface area (Å²) in [7, 11) is -7.50. The fourth-order valence-electron chi connectivity index (χ4n) is 3.01. The summed E-state index contributed by atoms with van der Waals surface area (Å²) in [4.78, 5) is 20.3. The minimum atomic E-state index is -3.95. The molecule has 0 fully saturated rings. The number of fused-ring (bicyclic) bond motifs is 1. The first kappa shape index (κ1) is 21.7. The van der Waals surface area contributed by atoms with Crippen LogP contribution in [0.2, 0.25) is 0 Å². The molecule has 0 saturated carbocycles. The fourth-order valence-corrected chi connectivity index (χ4v) is 5.00. The van der Waals surface area contributed by atoms with E-state index >= 15 is 0 Å². The number of rotatable bonds is 6. The van der Waals surface area contributed by atoms with Crippen LogP contribution in [0.4, 0.5) is 0 Å². The second kappa shape index (κ2) is 8.17. The molecule has 9 nitrogen and oxygen atoms in total. The summed E-state index contributed by atoms with van der Waals surface area (Å²) < 4.78 is 50.9. The van der Waals surface area contributed by atoms with Crippen molar-refractivity contribution >= 4 is 31.2 Å². The number of carbonyl (C=O) groups excluding carboxylic acids is 1. The Morgan fingerprint density at radius 1 is 0.969 bits per heavy atom. The topological polar surface area (TPSA) is 128 Å². The summed E-state index contributed by atoms with van der Waals surface area (Å²) in [6.45, 7) is 0.102. The first-order chi connectivity index (χ1) is 15.1. The van der Waals surface area contributed by atoms with Gasteiger partial charge < -0.3 is 9.72 Å². The maximum absolute atomic E-state index is 12.8. The van der Waals surface area contributed by atoms with Gasteiger partial charge in [0.1, 0.15) is 5.65 Å². The molecule has 164 valence electrons. The van der Waals surface area contributed by atoms with Gasteiger partial charge in [-0.15, -0.1) is 0 Å². The smallest absolute Gasteiger partial charge is 0.253 e. The lowest BCUT2D eigenvalue weighted by Gasteiger charge is -2.08. The van der Waals surface area contributed by atoms with Gasteiger partial charge in [-0.1, -0.05) is 6.07 Å². The summed E-state index contributed by atoms with van der Waals surface area (Å²) in [5.74, 6) is -0.309. The number of hydrogen-bond acceptors (Lipinski definition) is 7. The van der Waals surface area contributed by atoms with Gasteiger partial charge in [0.2, 0.25) is 9.84 Å². The molecule has 0 radical (unpaired) electrons. The number of nitrogens with one attached hydrogen (secondary N) is 1. The summed E-state index contributed by atoms with van der Waals surface area (Å²) in [5, 5.41) is 2.73. The Kier molecular flexibility index (Phi) is 5.53. The Bertz CT molecular complexity index is 1530. The van der Waals surface area contributed by atoms with Crippen LogP contribution in [0.1, 0.15) is 16.1 Å². The molecule has 4 rings (SSSR count). The molecular weight excluding hydrogens is 452 g/mol. The van der Waals surface area contributed by atoms with Crippen LogP contribution in [-0.2, 0) is 26.2 Å². The molecule has 0 atom stereocenters. The average molecular weight is 471 g/mol. The lowest BCUT2D eigenvalue weighted by molar-refractivity contribution is 0.0950. The van der Waals surface area contributed by atoms with Crippen molar-refractivity contribution in [1.82, 2.24) is 19.7 Å². The maximum atomic E-state index is 12.8. The number of carbonyl (C=O) groups is 1. The van der Waals surface area contributed by atoms with Crippen molar-refractivity contribution in [3.63, 3.8) is 0 Å². The first-order valence-corrected chi connectivity index (χ1v) is 12.7. The number of benzene rings is 1. The summed E-state index contributed by atoms with van der Waals surface area (Å²) in [6.07, 6.45) is 7.22. The van der Waals surface area contributed by atoms with Gasteiger partial charge in [-0.3, -0.25) is 9.78 Å². The average Bonchev–Trinajstić information content (AvgIpc) is 3.25. The third-order valence-corrected chi connectivity index (χ3v) is 7.58. The van der Waals surface area contributed by atoms with E-state index in [1.807, 2.05) is 0 Å². The second-order valence-corrected chi connectivity index (χ2v) is 11.0. The van der Waals surface area contributed by atoms with Crippen molar-refractivity contribution in [3.8, 4) is 0 Å². The van der Waals surface area contributed by atoms with Crippen LogP contribution in [0.5, 0.6) is 0 Å². The van der Waals surface area contributed by atoms with Gasteiger partial charge >= 0.3 is 0 Å². The van der Waals surface area contributed by atoms with Crippen LogP contribution in [0, 0.1) is 0 Å². The molecule has 0 aliphatic carbocycles. The van der Waals surface area contributed by atoms with Crippen LogP contribution in [0.25, 0.3) is 5.65 Å². The monoisotopic (exact) mass is 470 g/mol. The molecule has 1 aromatic carbocycles. The molecule has 1 N–H and O–H groups in total.